The zero-order valence-electron chi connectivity index (χ0n) is 11.1. The van der Waals surface area contributed by atoms with Gasteiger partial charge in [-0.1, -0.05) is 30.4 Å². The van der Waals surface area contributed by atoms with Gasteiger partial charge in [0.05, 0.1) is 10.8 Å². The predicted octanol–water partition coefficient (Wildman–Crippen LogP) is 2.60. The lowest BCUT2D eigenvalue weighted by atomic mass is 9.94. The highest BCUT2D eigenvalue weighted by atomic mass is 32.2. The van der Waals surface area contributed by atoms with E-state index in [0.29, 0.717) is 5.75 Å². The van der Waals surface area contributed by atoms with E-state index in [1.807, 2.05) is 30.3 Å². The molecule has 19 heavy (non-hydrogen) atoms. The van der Waals surface area contributed by atoms with E-state index in [2.05, 4.69) is 17.5 Å². The van der Waals surface area contributed by atoms with Gasteiger partial charge < -0.3 is 5.32 Å². The van der Waals surface area contributed by atoms with E-state index >= 15 is 0 Å². The summed E-state index contributed by atoms with van der Waals surface area (Å²) in [4.78, 5) is 0.937. The Balaban J connectivity index is 1.37. The van der Waals surface area contributed by atoms with Gasteiger partial charge in [0.15, 0.2) is 0 Å². The van der Waals surface area contributed by atoms with Crippen LogP contribution in [0.1, 0.15) is 12.8 Å². The zero-order valence-corrected chi connectivity index (χ0v) is 11.9. The number of rotatable bonds is 6. The second-order valence-corrected chi connectivity index (χ2v) is 7.18. The highest BCUT2D eigenvalue weighted by Crippen LogP contribution is 2.42. The van der Waals surface area contributed by atoms with Crippen LogP contribution in [-0.2, 0) is 10.8 Å². The normalized spacial score (nSPS) is 29.8. The van der Waals surface area contributed by atoms with Crippen LogP contribution in [0.4, 0.5) is 0 Å². The van der Waals surface area contributed by atoms with E-state index in [-0.39, 0.29) is 0 Å². The standard InChI is InChI=1S/C16H21NOS/c18-19(16-4-2-1-3-5-16)9-8-17-12-15-11-13-6-7-14(15)10-13/h1-7,13-15,17H,8-12H2/t13-,14-,15-,19+/m0/s1. The summed E-state index contributed by atoms with van der Waals surface area (Å²) in [5.41, 5.74) is 0. The minimum atomic E-state index is -0.865. The first kappa shape index (κ1) is 13.1. The fourth-order valence-corrected chi connectivity index (χ4v) is 4.30. The van der Waals surface area contributed by atoms with Gasteiger partial charge in [-0.15, -0.1) is 0 Å². The Hall–Kier alpha value is -0.930. The van der Waals surface area contributed by atoms with Gasteiger partial charge in [0, 0.05) is 17.2 Å². The minimum absolute atomic E-state index is 0.709. The Morgan fingerprint density at radius 3 is 2.68 bits per heavy atom. The number of fused-ring (bicyclic) bond motifs is 2. The van der Waals surface area contributed by atoms with Crippen LogP contribution in [0.2, 0.25) is 0 Å². The molecule has 1 fully saturated rings. The van der Waals surface area contributed by atoms with Crippen LogP contribution in [0, 0.1) is 17.8 Å². The summed E-state index contributed by atoms with van der Waals surface area (Å²) < 4.78 is 12.0. The molecule has 1 aromatic carbocycles. The molecular weight excluding hydrogens is 254 g/mol. The van der Waals surface area contributed by atoms with E-state index in [4.69, 9.17) is 0 Å². The van der Waals surface area contributed by atoms with Crippen molar-refractivity contribution in [1.82, 2.24) is 5.32 Å². The van der Waals surface area contributed by atoms with Crippen LogP contribution in [0.3, 0.4) is 0 Å². The third kappa shape index (κ3) is 3.15. The first-order valence-corrected chi connectivity index (χ1v) is 8.47. The summed E-state index contributed by atoms with van der Waals surface area (Å²) in [5.74, 6) is 3.16. The SMILES string of the molecule is O=[S@](CCNC[C@@H]1C[C@H]2C=C[C@H]1C2)c1ccccc1. The van der Waals surface area contributed by atoms with Crippen molar-refractivity contribution in [1.29, 1.82) is 0 Å². The third-order valence-corrected chi connectivity index (χ3v) is 5.67. The van der Waals surface area contributed by atoms with Crippen LogP contribution in [0.5, 0.6) is 0 Å². The minimum Gasteiger partial charge on any atom is -0.316 e. The topological polar surface area (TPSA) is 29.1 Å². The summed E-state index contributed by atoms with van der Waals surface area (Å²) in [6.07, 6.45) is 7.48. The Kier molecular flexibility index (Phi) is 4.14. The van der Waals surface area contributed by atoms with Gasteiger partial charge in [0.1, 0.15) is 0 Å². The lowest BCUT2D eigenvalue weighted by Crippen LogP contribution is -2.28. The van der Waals surface area contributed by atoms with Crippen LogP contribution in [0.25, 0.3) is 0 Å². The molecule has 0 unspecified atom stereocenters. The van der Waals surface area contributed by atoms with Crippen LogP contribution in [0.15, 0.2) is 47.4 Å². The largest absolute Gasteiger partial charge is 0.316 e. The number of nitrogens with one attached hydrogen (secondary N) is 1. The second kappa shape index (κ2) is 6.02. The van der Waals surface area contributed by atoms with E-state index < -0.39 is 10.8 Å². The second-order valence-electron chi connectivity index (χ2n) is 5.61. The van der Waals surface area contributed by atoms with E-state index in [1.165, 1.54) is 12.8 Å². The van der Waals surface area contributed by atoms with Crippen molar-refractivity contribution in [2.24, 2.45) is 17.8 Å². The van der Waals surface area contributed by atoms with E-state index in [0.717, 1.165) is 35.7 Å². The quantitative estimate of drug-likeness (QED) is 0.639. The maximum atomic E-state index is 12.0. The monoisotopic (exact) mass is 275 g/mol. The summed E-state index contributed by atoms with van der Waals surface area (Å²) in [7, 11) is -0.865. The number of allylic oxidation sites excluding steroid dienone is 2. The smallest absolute Gasteiger partial charge is 0.0542 e. The fraction of sp³-hybridized carbons (Fsp3) is 0.500. The molecule has 2 aliphatic rings. The van der Waals surface area contributed by atoms with Crippen molar-refractivity contribution in [3.8, 4) is 0 Å². The average molecular weight is 275 g/mol. The fourth-order valence-electron chi connectivity index (χ4n) is 3.27. The molecule has 0 spiro atoms. The van der Waals surface area contributed by atoms with Gasteiger partial charge >= 0.3 is 0 Å². The van der Waals surface area contributed by atoms with E-state index in [9.17, 15) is 4.21 Å². The molecule has 2 nitrogen and oxygen atoms in total. The molecule has 0 saturated heterocycles. The Bertz CT molecular complexity index is 471. The van der Waals surface area contributed by atoms with Gasteiger partial charge in [-0.05, 0) is 49.3 Å². The number of hydrogen-bond donors (Lipinski definition) is 1. The molecule has 2 aliphatic carbocycles. The Morgan fingerprint density at radius 2 is 2.00 bits per heavy atom. The molecule has 1 aromatic rings. The molecule has 2 bridgehead atoms. The molecule has 0 amide bonds. The molecule has 0 aliphatic heterocycles. The predicted molar refractivity (Wildman–Crippen MR) is 79.4 cm³/mol. The van der Waals surface area contributed by atoms with Gasteiger partial charge in [-0.25, -0.2) is 0 Å². The van der Waals surface area contributed by atoms with Crippen molar-refractivity contribution in [2.75, 3.05) is 18.8 Å². The van der Waals surface area contributed by atoms with E-state index in [1.54, 1.807) is 0 Å². The maximum Gasteiger partial charge on any atom is 0.0542 e. The first-order chi connectivity index (χ1) is 9.33. The van der Waals surface area contributed by atoms with Crippen LogP contribution in [-0.4, -0.2) is 23.1 Å². The summed E-state index contributed by atoms with van der Waals surface area (Å²) in [6.45, 7) is 1.93. The van der Waals surface area contributed by atoms with Gasteiger partial charge in [0.25, 0.3) is 0 Å². The molecule has 1 saturated carbocycles. The molecule has 3 rings (SSSR count). The van der Waals surface area contributed by atoms with Crippen LogP contribution >= 0.6 is 0 Å². The maximum absolute atomic E-state index is 12.0. The highest BCUT2D eigenvalue weighted by Gasteiger charge is 2.34. The van der Waals surface area contributed by atoms with Crippen molar-refractivity contribution in [3.05, 3.63) is 42.5 Å². The summed E-state index contributed by atoms with van der Waals surface area (Å²) in [6, 6.07) is 9.74. The molecule has 0 aromatic heterocycles. The Morgan fingerprint density at radius 1 is 1.16 bits per heavy atom. The lowest BCUT2D eigenvalue weighted by molar-refractivity contribution is 0.420. The molecule has 0 heterocycles. The molecule has 1 N–H and O–H groups in total. The number of hydrogen-bond acceptors (Lipinski definition) is 2. The van der Waals surface area contributed by atoms with Crippen molar-refractivity contribution >= 4 is 10.8 Å². The van der Waals surface area contributed by atoms with Crippen molar-refractivity contribution in [2.45, 2.75) is 17.7 Å². The lowest BCUT2D eigenvalue weighted by Gasteiger charge is -2.18. The van der Waals surface area contributed by atoms with Crippen molar-refractivity contribution in [3.63, 3.8) is 0 Å². The molecule has 102 valence electrons. The molecular formula is C16H21NOS. The average Bonchev–Trinajstić information content (AvgIpc) is 3.07. The van der Waals surface area contributed by atoms with Gasteiger partial charge in [-0.3, -0.25) is 4.21 Å². The molecule has 0 radical (unpaired) electrons. The summed E-state index contributed by atoms with van der Waals surface area (Å²) in [5, 5.41) is 3.49. The Labute approximate surface area is 117 Å². The molecule has 3 heteroatoms. The number of benzene rings is 1. The van der Waals surface area contributed by atoms with Crippen molar-refractivity contribution < 1.29 is 4.21 Å². The summed E-state index contributed by atoms with van der Waals surface area (Å²) >= 11 is 0. The van der Waals surface area contributed by atoms with Gasteiger partial charge in [-0.2, -0.15) is 0 Å². The molecule has 4 atom stereocenters. The third-order valence-electron chi connectivity index (χ3n) is 4.29. The highest BCUT2D eigenvalue weighted by molar-refractivity contribution is 7.85. The first-order valence-electron chi connectivity index (χ1n) is 7.15. The van der Waals surface area contributed by atoms with Crippen LogP contribution < -0.4 is 5.32 Å². The van der Waals surface area contributed by atoms with Gasteiger partial charge in [0.2, 0.25) is 0 Å². The zero-order chi connectivity index (χ0) is 13.1.